The summed E-state index contributed by atoms with van der Waals surface area (Å²) in [7, 11) is 0. The number of rotatable bonds is 10. The lowest BCUT2D eigenvalue weighted by Crippen LogP contribution is -2.16. The molecule has 0 saturated carbocycles. The van der Waals surface area contributed by atoms with Gasteiger partial charge in [-0.3, -0.25) is 19.2 Å². The van der Waals surface area contributed by atoms with Crippen LogP contribution < -0.4 is 5.32 Å². The van der Waals surface area contributed by atoms with Gasteiger partial charge in [-0.15, -0.1) is 11.8 Å². The molecule has 0 bridgehead atoms. The predicted molar refractivity (Wildman–Crippen MR) is 139 cm³/mol. The van der Waals surface area contributed by atoms with Gasteiger partial charge in [-0.05, 0) is 42.8 Å². The van der Waals surface area contributed by atoms with Gasteiger partial charge in [-0.25, -0.2) is 9.78 Å². The number of hydrogen-bond donors (Lipinski definition) is 3. The van der Waals surface area contributed by atoms with Gasteiger partial charge < -0.3 is 20.3 Å². The van der Waals surface area contributed by atoms with Crippen molar-refractivity contribution >= 4 is 57.8 Å². The molecular formula is C27H22N2O8S. The first-order chi connectivity index (χ1) is 18.2. The molecule has 0 aliphatic heterocycles. The van der Waals surface area contributed by atoms with Crippen molar-refractivity contribution in [2.75, 3.05) is 17.7 Å². The molecule has 0 saturated heterocycles. The number of ketones is 2. The maximum Gasteiger partial charge on any atom is 0.330 e. The van der Waals surface area contributed by atoms with Crippen molar-refractivity contribution in [3.8, 4) is 5.75 Å². The Labute approximate surface area is 220 Å². The number of carbonyl (C=O) groups is 5. The number of ether oxygens (including phenoxy) is 1. The quantitative estimate of drug-likeness (QED) is 0.115. The Morgan fingerprint density at radius 2 is 1.84 bits per heavy atom. The Morgan fingerprint density at radius 3 is 2.58 bits per heavy atom. The fraction of sp³-hybridized carbons (Fsp3) is 0.185. The molecule has 0 spiro atoms. The Balaban J connectivity index is 1.54. The van der Waals surface area contributed by atoms with Crippen LogP contribution in [0.4, 0.5) is 5.69 Å². The SMILES string of the molecule is C=CC(=O)OCCCSc1ccc2c(c1)C(=O)C(c1nc3cc(NC(=O)CC(=O)O)ccc3cc1O)C2=O. The van der Waals surface area contributed by atoms with Gasteiger partial charge in [0, 0.05) is 38.9 Å². The van der Waals surface area contributed by atoms with E-state index in [0.29, 0.717) is 23.1 Å². The molecule has 1 amide bonds. The summed E-state index contributed by atoms with van der Waals surface area (Å²) in [5.74, 6) is -4.48. The van der Waals surface area contributed by atoms with Crippen LogP contribution in [0.3, 0.4) is 0 Å². The van der Waals surface area contributed by atoms with Gasteiger partial charge in [-0.2, -0.15) is 0 Å². The smallest absolute Gasteiger partial charge is 0.330 e. The molecule has 194 valence electrons. The maximum atomic E-state index is 13.3. The average molecular weight is 535 g/mol. The number of carbonyl (C=O) groups excluding carboxylic acids is 4. The van der Waals surface area contributed by atoms with Crippen molar-refractivity contribution in [2.24, 2.45) is 0 Å². The molecule has 11 heteroatoms. The minimum atomic E-state index is -1.32. The van der Waals surface area contributed by atoms with E-state index in [4.69, 9.17) is 9.84 Å². The van der Waals surface area contributed by atoms with Gasteiger partial charge in [0.15, 0.2) is 11.6 Å². The number of aliphatic carboxylic acids is 1. The first kappa shape index (κ1) is 26.6. The lowest BCUT2D eigenvalue weighted by atomic mass is 9.97. The number of aromatic nitrogens is 1. The number of aromatic hydroxyl groups is 1. The Kier molecular flexibility index (Phi) is 7.87. The molecule has 0 radical (unpaired) electrons. The van der Waals surface area contributed by atoms with E-state index in [1.165, 1.54) is 30.0 Å². The first-order valence-corrected chi connectivity index (χ1v) is 12.5. The van der Waals surface area contributed by atoms with Crippen LogP contribution in [-0.2, 0) is 19.1 Å². The molecule has 1 atom stereocenters. The van der Waals surface area contributed by atoms with Crippen LogP contribution in [0.25, 0.3) is 10.9 Å². The highest BCUT2D eigenvalue weighted by Crippen LogP contribution is 2.39. The topological polar surface area (TPSA) is 160 Å². The van der Waals surface area contributed by atoms with E-state index < -0.39 is 41.8 Å². The number of amides is 1. The van der Waals surface area contributed by atoms with Crippen molar-refractivity contribution in [1.29, 1.82) is 0 Å². The van der Waals surface area contributed by atoms with Crippen molar-refractivity contribution < 1.29 is 38.9 Å². The zero-order chi connectivity index (χ0) is 27.4. The minimum absolute atomic E-state index is 0.101. The standard InChI is InChI=1S/C27H22N2O8S/c1-2-23(34)37-8-3-9-38-16-6-7-17-18(12-16)27(36)24(26(17)35)25-20(30)10-14-4-5-15(11-19(14)29-25)28-21(31)13-22(32)33/h2,4-7,10-12,24,30H,1,3,8-9,13H2,(H,28,31)(H,32,33). The summed E-state index contributed by atoms with van der Waals surface area (Å²) in [6.45, 7) is 3.57. The summed E-state index contributed by atoms with van der Waals surface area (Å²) < 4.78 is 4.94. The number of Topliss-reactive ketones (excluding diaryl/α,β-unsaturated/α-hetero) is 2. The normalized spacial score (nSPS) is 14.3. The number of thioether (sulfide) groups is 1. The lowest BCUT2D eigenvalue weighted by molar-refractivity contribution is -0.140. The van der Waals surface area contributed by atoms with Gasteiger partial charge in [-0.1, -0.05) is 12.6 Å². The van der Waals surface area contributed by atoms with Gasteiger partial charge >= 0.3 is 11.9 Å². The highest BCUT2D eigenvalue weighted by atomic mass is 32.2. The number of fused-ring (bicyclic) bond motifs is 2. The summed E-state index contributed by atoms with van der Waals surface area (Å²) in [5, 5.41) is 22.3. The number of esters is 1. The first-order valence-electron chi connectivity index (χ1n) is 11.5. The summed E-state index contributed by atoms with van der Waals surface area (Å²) in [5.41, 5.74) is 0.951. The summed E-state index contributed by atoms with van der Waals surface area (Å²) >= 11 is 1.44. The molecule has 10 nitrogen and oxygen atoms in total. The van der Waals surface area contributed by atoms with Crippen LogP contribution in [0.1, 0.15) is 45.2 Å². The van der Waals surface area contributed by atoms with Crippen LogP contribution >= 0.6 is 11.8 Å². The van der Waals surface area contributed by atoms with Crippen molar-refractivity contribution in [2.45, 2.75) is 23.7 Å². The summed E-state index contributed by atoms with van der Waals surface area (Å²) in [6.07, 6.45) is 0.969. The molecule has 2 aromatic carbocycles. The van der Waals surface area contributed by atoms with E-state index in [1.54, 1.807) is 24.3 Å². The lowest BCUT2D eigenvalue weighted by Gasteiger charge is -2.11. The zero-order valence-corrected chi connectivity index (χ0v) is 20.7. The van der Waals surface area contributed by atoms with Crippen LogP contribution in [0.15, 0.2) is 60.0 Å². The number of carboxylic acid groups (broad SMARTS) is 1. The summed E-state index contributed by atoms with van der Waals surface area (Å²) in [4.78, 5) is 65.2. The van der Waals surface area contributed by atoms with Crippen molar-refractivity contribution in [3.63, 3.8) is 0 Å². The number of benzene rings is 2. The number of carboxylic acids is 1. The van der Waals surface area contributed by atoms with Crippen molar-refractivity contribution in [3.05, 3.63) is 71.9 Å². The number of anilines is 1. The second-order valence-corrected chi connectivity index (χ2v) is 9.53. The number of nitrogens with zero attached hydrogens (tertiary/aromatic N) is 1. The van der Waals surface area contributed by atoms with Crippen LogP contribution in [0.2, 0.25) is 0 Å². The number of hydrogen-bond acceptors (Lipinski definition) is 9. The fourth-order valence-corrected chi connectivity index (χ4v) is 4.86. The Hall–Kier alpha value is -4.51. The largest absolute Gasteiger partial charge is 0.506 e. The van der Waals surface area contributed by atoms with E-state index >= 15 is 0 Å². The van der Waals surface area contributed by atoms with Crippen molar-refractivity contribution in [1.82, 2.24) is 4.98 Å². The molecule has 1 heterocycles. The molecular weight excluding hydrogens is 512 g/mol. The predicted octanol–water partition coefficient (Wildman–Crippen LogP) is 3.73. The van der Waals surface area contributed by atoms with Gasteiger partial charge in [0.1, 0.15) is 23.8 Å². The summed E-state index contributed by atoms with van der Waals surface area (Å²) in [6, 6.07) is 10.9. The van der Waals surface area contributed by atoms with Crippen LogP contribution in [0, 0.1) is 0 Å². The highest BCUT2D eigenvalue weighted by Gasteiger charge is 2.42. The van der Waals surface area contributed by atoms with Gasteiger partial charge in [0.05, 0.1) is 12.1 Å². The van der Waals surface area contributed by atoms with E-state index in [1.807, 2.05) is 0 Å². The molecule has 1 unspecified atom stereocenters. The minimum Gasteiger partial charge on any atom is -0.506 e. The second kappa shape index (κ2) is 11.3. The highest BCUT2D eigenvalue weighted by molar-refractivity contribution is 7.99. The van der Waals surface area contributed by atoms with Gasteiger partial charge in [0.2, 0.25) is 5.91 Å². The molecule has 1 aliphatic carbocycles. The third kappa shape index (κ3) is 5.73. The molecule has 3 N–H and O–H groups in total. The Bertz CT molecular complexity index is 1500. The molecule has 1 aliphatic rings. The monoisotopic (exact) mass is 534 g/mol. The fourth-order valence-electron chi connectivity index (χ4n) is 3.99. The van der Waals surface area contributed by atoms with E-state index in [0.717, 1.165) is 11.0 Å². The molecule has 0 fully saturated rings. The number of pyridine rings is 1. The maximum absolute atomic E-state index is 13.3. The molecule has 1 aromatic heterocycles. The second-order valence-electron chi connectivity index (χ2n) is 8.36. The van der Waals surface area contributed by atoms with E-state index in [2.05, 4.69) is 16.9 Å². The molecule has 4 rings (SSSR count). The third-order valence-electron chi connectivity index (χ3n) is 5.71. The van der Waals surface area contributed by atoms with E-state index in [-0.39, 0.29) is 34.9 Å². The molecule has 38 heavy (non-hydrogen) atoms. The average Bonchev–Trinajstić information content (AvgIpc) is 3.12. The number of nitrogens with one attached hydrogen (secondary N) is 1. The van der Waals surface area contributed by atoms with Gasteiger partial charge in [0.25, 0.3) is 0 Å². The zero-order valence-electron chi connectivity index (χ0n) is 19.9. The molecule has 3 aromatic rings. The van der Waals surface area contributed by atoms with Crippen LogP contribution in [0.5, 0.6) is 5.75 Å². The van der Waals surface area contributed by atoms with Crippen LogP contribution in [-0.4, -0.2) is 57.0 Å². The Morgan fingerprint density at radius 1 is 1.08 bits per heavy atom. The van der Waals surface area contributed by atoms with E-state index in [9.17, 15) is 29.1 Å². The third-order valence-corrected chi connectivity index (χ3v) is 6.79.